The standard InChI is InChI=1S/C20H22N2O4/c1-4-5-15-6-11-18(19(12-15)25-3)26-13-20(24)22-17-9-7-16(8-10-17)21-14(2)23/h4-12H,13H2,1-3H3,(H,21,23)(H,22,24)/b5-4+. The van der Waals surface area contributed by atoms with E-state index in [2.05, 4.69) is 10.6 Å². The van der Waals surface area contributed by atoms with Gasteiger partial charge >= 0.3 is 0 Å². The van der Waals surface area contributed by atoms with E-state index in [4.69, 9.17) is 9.47 Å². The van der Waals surface area contributed by atoms with Crippen molar-refractivity contribution in [3.8, 4) is 11.5 Å². The number of carbonyl (C=O) groups excluding carboxylic acids is 2. The molecule has 0 aliphatic carbocycles. The number of anilines is 2. The monoisotopic (exact) mass is 354 g/mol. The number of hydrogen-bond donors (Lipinski definition) is 2. The van der Waals surface area contributed by atoms with E-state index in [1.165, 1.54) is 6.92 Å². The zero-order valence-electron chi connectivity index (χ0n) is 15.0. The van der Waals surface area contributed by atoms with E-state index in [9.17, 15) is 9.59 Å². The summed E-state index contributed by atoms with van der Waals surface area (Å²) in [5, 5.41) is 5.40. The molecule has 6 nitrogen and oxygen atoms in total. The van der Waals surface area contributed by atoms with Crippen LogP contribution in [0.15, 0.2) is 48.5 Å². The third kappa shape index (κ3) is 5.66. The quantitative estimate of drug-likeness (QED) is 0.795. The van der Waals surface area contributed by atoms with Crippen molar-refractivity contribution in [1.82, 2.24) is 0 Å². The highest BCUT2D eigenvalue weighted by Crippen LogP contribution is 2.28. The number of benzene rings is 2. The summed E-state index contributed by atoms with van der Waals surface area (Å²) in [4.78, 5) is 23.1. The van der Waals surface area contributed by atoms with Gasteiger partial charge in [-0.2, -0.15) is 0 Å². The SMILES string of the molecule is C/C=C/c1ccc(OCC(=O)Nc2ccc(NC(C)=O)cc2)c(OC)c1. The van der Waals surface area contributed by atoms with Crippen molar-refractivity contribution >= 4 is 29.3 Å². The van der Waals surface area contributed by atoms with Crippen molar-refractivity contribution in [2.45, 2.75) is 13.8 Å². The van der Waals surface area contributed by atoms with Gasteiger partial charge in [0.15, 0.2) is 18.1 Å². The van der Waals surface area contributed by atoms with E-state index in [1.807, 2.05) is 31.2 Å². The van der Waals surface area contributed by atoms with Crippen LogP contribution in [0.5, 0.6) is 11.5 Å². The van der Waals surface area contributed by atoms with E-state index in [-0.39, 0.29) is 18.4 Å². The molecule has 0 fully saturated rings. The smallest absolute Gasteiger partial charge is 0.262 e. The summed E-state index contributed by atoms with van der Waals surface area (Å²) >= 11 is 0. The third-order valence-corrected chi connectivity index (χ3v) is 3.39. The van der Waals surface area contributed by atoms with Crippen LogP contribution in [0, 0.1) is 0 Å². The van der Waals surface area contributed by atoms with Crippen LogP contribution in [-0.4, -0.2) is 25.5 Å². The van der Waals surface area contributed by atoms with E-state index in [0.29, 0.717) is 22.9 Å². The van der Waals surface area contributed by atoms with Gasteiger partial charge in [-0.1, -0.05) is 18.2 Å². The molecule has 0 saturated carbocycles. The minimum Gasteiger partial charge on any atom is -0.493 e. The van der Waals surface area contributed by atoms with E-state index in [1.54, 1.807) is 37.4 Å². The average molecular weight is 354 g/mol. The minimum absolute atomic E-state index is 0.146. The molecule has 26 heavy (non-hydrogen) atoms. The van der Waals surface area contributed by atoms with E-state index >= 15 is 0 Å². The van der Waals surface area contributed by atoms with Gasteiger partial charge in [0.25, 0.3) is 5.91 Å². The first-order valence-corrected chi connectivity index (χ1v) is 8.13. The molecule has 0 unspecified atom stereocenters. The molecule has 0 atom stereocenters. The molecule has 0 aliphatic heterocycles. The molecule has 0 bridgehead atoms. The summed E-state index contributed by atoms with van der Waals surface area (Å²) in [5.41, 5.74) is 2.27. The Balaban J connectivity index is 1.93. The Kier molecular flexibility index (Phi) is 6.79. The van der Waals surface area contributed by atoms with E-state index < -0.39 is 0 Å². The molecule has 2 rings (SSSR count). The van der Waals surface area contributed by atoms with Gasteiger partial charge in [0, 0.05) is 18.3 Å². The summed E-state index contributed by atoms with van der Waals surface area (Å²) in [6, 6.07) is 12.3. The zero-order chi connectivity index (χ0) is 18.9. The average Bonchev–Trinajstić information content (AvgIpc) is 2.62. The van der Waals surface area contributed by atoms with Gasteiger partial charge in [-0.25, -0.2) is 0 Å². The third-order valence-electron chi connectivity index (χ3n) is 3.39. The second-order valence-electron chi connectivity index (χ2n) is 5.51. The Morgan fingerprint density at radius 2 is 1.65 bits per heavy atom. The summed E-state index contributed by atoms with van der Waals surface area (Å²) < 4.78 is 10.9. The lowest BCUT2D eigenvalue weighted by Gasteiger charge is -2.12. The lowest BCUT2D eigenvalue weighted by atomic mass is 10.2. The van der Waals surface area contributed by atoms with Crippen LogP contribution in [0.1, 0.15) is 19.4 Å². The number of carbonyl (C=O) groups is 2. The largest absolute Gasteiger partial charge is 0.493 e. The zero-order valence-corrected chi connectivity index (χ0v) is 15.0. The maximum Gasteiger partial charge on any atom is 0.262 e. The van der Waals surface area contributed by atoms with Crippen molar-refractivity contribution in [1.29, 1.82) is 0 Å². The maximum atomic E-state index is 12.1. The van der Waals surface area contributed by atoms with Crippen LogP contribution in [-0.2, 0) is 9.59 Å². The molecule has 0 aromatic heterocycles. The Labute approximate surface area is 152 Å². The molecule has 2 aromatic rings. The molecule has 2 N–H and O–H groups in total. The molecule has 0 spiro atoms. The minimum atomic E-state index is -0.295. The highest BCUT2D eigenvalue weighted by molar-refractivity contribution is 5.93. The second kappa shape index (κ2) is 9.27. The van der Waals surface area contributed by atoms with E-state index in [0.717, 1.165) is 5.56 Å². The molecule has 0 radical (unpaired) electrons. The number of hydrogen-bond acceptors (Lipinski definition) is 4. The second-order valence-corrected chi connectivity index (χ2v) is 5.51. The van der Waals surface area contributed by atoms with Crippen molar-refractivity contribution < 1.29 is 19.1 Å². The number of ether oxygens (including phenoxy) is 2. The van der Waals surface area contributed by atoms with Crippen molar-refractivity contribution in [2.24, 2.45) is 0 Å². The molecule has 136 valence electrons. The van der Waals surface area contributed by atoms with Crippen LogP contribution in [0.4, 0.5) is 11.4 Å². The predicted molar refractivity (Wildman–Crippen MR) is 103 cm³/mol. The highest BCUT2D eigenvalue weighted by Gasteiger charge is 2.08. The Bertz CT molecular complexity index is 798. The van der Waals surface area contributed by atoms with Gasteiger partial charge in [-0.05, 0) is 48.9 Å². The topological polar surface area (TPSA) is 76.7 Å². The van der Waals surface area contributed by atoms with Gasteiger partial charge in [0.2, 0.25) is 5.91 Å². The number of nitrogens with one attached hydrogen (secondary N) is 2. The predicted octanol–water partition coefficient (Wildman–Crippen LogP) is 3.70. The molecule has 2 aromatic carbocycles. The van der Waals surface area contributed by atoms with Crippen LogP contribution >= 0.6 is 0 Å². The van der Waals surface area contributed by atoms with Crippen molar-refractivity contribution in [3.63, 3.8) is 0 Å². The first-order chi connectivity index (χ1) is 12.5. The summed E-state index contributed by atoms with van der Waals surface area (Å²) in [6.07, 6.45) is 3.88. The van der Waals surface area contributed by atoms with Gasteiger partial charge in [0.05, 0.1) is 7.11 Å². The van der Waals surface area contributed by atoms with Gasteiger partial charge in [-0.15, -0.1) is 0 Å². The summed E-state index contributed by atoms with van der Waals surface area (Å²) in [6.45, 7) is 3.23. The molecule has 2 amide bonds. The molecule has 6 heteroatoms. The van der Waals surface area contributed by atoms with Crippen LogP contribution in [0.2, 0.25) is 0 Å². The molecule has 0 aliphatic rings. The van der Waals surface area contributed by atoms with Crippen LogP contribution in [0.3, 0.4) is 0 Å². The number of methoxy groups -OCH3 is 1. The van der Waals surface area contributed by atoms with Gasteiger partial charge in [0.1, 0.15) is 0 Å². The fourth-order valence-corrected chi connectivity index (χ4v) is 2.28. The Hall–Kier alpha value is -3.28. The Morgan fingerprint density at radius 3 is 2.23 bits per heavy atom. The molecule has 0 heterocycles. The molecule has 0 saturated heterocycles. The van der Waals surface area contributed by atoms with Crippen LogP contribution in [0.25, 0.3) is 6.08 Å². The first kappa shape index (κ1) is 19.1. The number of allylic oxidation sites excluding steroid dienone is 1. The lowest BCUT2D eigenvalue weighted by Crippen LogP contribution is -2.20. The summed E-state index contributed by atoms with van der Waals surface area (Å²) in [5.74, 6) is 0.617. The van der Waals surface area contributed by atoms with Crippen molar-refractivity contribution in [3.05, 3.63) is 54.1 Å². The molecular weight excluding hydrogens is 332 g/mol. The number of rotatable bonds is 7. The lowest BCUT2D eigenvalue weighted by molar-refractivity contribution is -0.118. The first-order valence-electron chi connectivity index (χ1n) is 8.13. The Morgan fingerprint density at radius 1 is 1.00 bits per heavy atom. The van der Waals surface area contributed by atoms with Crippen LogP contribution < -0.4 is 20.1 Å². The number of amides is 2. The highest BCUT2D eigenvalue weighted by atomic mass is 16.5. The van der Waals surface area contributed by atoms with Gasteiger partial charge in [-0.3, -0.25) is 9.59 Å². The maximum absolute atomic E-state index is 12.1. The van der Waals surface area contributed by atoms with Gasteiger partial charge < -0.3 is 20.1 Å². The normalized spacial score (nSPS) is 10.4. The van der Waals surface area contributed by atoms with Crippen molar-refractivity contribution in [2.75, 3.05) is 24.4 Å². The summed E-state index contributed by atoms with van der Waals surface area (Å²) in [7, 11) is 1.55. The fraction of sp³-hybridized carbons (Fsp3) is 0.200. The molecular formula is C20H22N2O4. The fourth-order valence-electron chi connectivity index (χ4n) is 2.28.